The van der Waals surface area contributed by atoms with Gasteiger partial charge in [-0.05, 0) is 23.6 Å². The molecule has 0 atom stereocenters. The zero-order valence-corrected chi connectivity index (χ0v) is 11.0. The molecule has 0 amide bonds. The first-order chi connectivity index (χ1) is 9.15. The van der Waals surface area contributed by atoms with E-state index in [0.717, 1.165) is 34.8 Å². The summed E-state index contributed by atoms with van der Waals surface area (Å²) in [6.45, 7) is 4.51. The quantitative estimate of drug-likeness (QED) is 0.918. The van der Waals surface area contributed by atoms with Crippen molar-refractivity contribution >= 4 is 5.82 Å². The Morgan fingerprint density at radius 3 is 2.84 bits per heavy atom. The lowest BCUT2D eigenvalue weighted by Crippen LogP contribution is -1.96. The fraction of sp³-hybridized carbons (Fsp3) is 0.357. The number of anilines is 1. The van der Waals surface area contributed by atoms with Crippen molar-refractivity contribution in [3.05, 3.63) is 24.0 Å². The van der Waals surface area contributed by atoms with Crippen molar-refractivity contribution in [1.29, 1.82) is 0 Å². The first-order valence-electron chi connectivity index (χ1n) is 6.29. The SMILES string of the molecule is CC(C)Cc1onc(N)c1-c1ccc2c(c1)OCO2. The molecule has 0 radical (unpaired) electrons. The van der Waals surface area contributed by atoms with Gasteiger partial charge in [-0.1, -0.05) is 25.1 Å². The highest BCUT2D eigenvalue weighted by Crippen LogP contribution is 2.39. The maximum absolute atomic E-state index is 5.92. The van der Waals surface area contributed by atoms with Crippen LogP contribution in [0.2, 0.25) is 0 Å². The number of ether oxygens (including phenoxy) is 2. The largest absolute Gasteiger partial charge is 0.454 e. The summed E-state index contributed by atoms with van der Waals surface area (Å²) in [5.41, 5.74) is 7.71. The van der Waals surface area contributed by atoms with Crippen molar-refractivity contribution < 1.29 is 14.0 Å². The smallest absolute Gasteiger partial charge is 0.231 e. The van der Waals surface area contributed by atoms with Crippen LogP contribution in [0.25, 0.3) is 11.1 Å². The Kier molecular flexibility index (Phi) is 2.81. The molecule has 2 aromatic rings. The minimum atomic E-state index is 0.261. The van der Waals surface area contributed by atoms with Crippen molar-refractivity contribution in [2.24, 2.45) is 5.92 Å². The van der Waals surface area contributed by atoms with Gasteiger partial charge in [-0.25, -0.2) is 0 Å². The van der Waals surface area contributed by atoms with Gasteiger partial charge in [-0.2, -0.15) is 0 Å². The molecule has 19 heavy (non-hydrogen) atoms. The highest BCUT2D eigenvalue weighted by molar-refractivity contribution is 5.77. The Morgan fingerprint density at radius 1 is 1.26 bits per heavy atom. The van der Waals surface area contributed by atoms with Crippen LogP contribution in [0.5, 0.6) is 11.5 Å². The molecule has 2 heterocycles. The molecule has 2 N–H and O–H groups in total. The molecule has 1 aromatic heterocycles. The lowest BCUT2D eigenvalue weighted by atomic mass is 10.00. The summed E-state index contributed by atoms with van der Waals surface area (Å²) in [7, 11) is 0. The van der Waals surface area contributed by atoms with Gasteiger partial charge in [-0.3, -0.25) is 0 Å². The summed E-state index contributed by atoms with van der Waals surface area (Å²) in [5, 5.41) is 3.87. The van der Waals surface area contributed by atoms with Crippen molar-refractivity contribution in [3.8, 4) is 22.6 Å². The Hall–Kier alpha value is -2.17. The fourth-order valence-electron chi connectivity index (χ4n) is 2.21. The fourth-order valence-corrected chi connectivity index (χ4v) is 2.21. The van der Waals surface area contributed by atoms with Gasteiger partial charge in [-0.15, -0.1) is 0 Å². The molecule has 1 aliphatic rings. The van der Waals surface area contributed by atoms with E-state index in [2.05, 4.69) is 19.0 Å². The summed E-state index contributed by atoms with van der Waals surface area (Å²) in [4.78, 5) is 0. The molecule has 1 aliphatic heterocycles. The van der Waals surface area contributed by atoms with Gasteiger partial charge < -0.3 is 19.7 Å². The summed E-state index contributed by atoms with van der Waals surface area (Å²) >= 11 is 0. The lowest BCUT2D eigenvalue weighted by molar-refractivity contribution is 0.174. The van der Waals surface area contributed by atoms with Gasteiger partial charge in [0.15, 0.2) is 17.3 Å². The number of hydrogen-bond donors (Lipinski definition) is 1. The van der Waals surface area contributed by atoms with Gasteiger partial charge in [0.25, 0.3) is 0 Å². The second-order valence-electron chi connectivity index (χ2n) is 5.03. The molecule has 3 rings (SSSR count). The average molecular weight is 260 g/mol. The zero-order chi connectivity index (χ0) is 13.4. The Morgan fingerprint density at radius 2 is 2.05 bits per heavy atom. The van der Waals surface area contributed by atoms with Crippen molar-refractivity contribution in [3.63, 3.8) is 0 Å². The molecular formula is C14H16N2O3. The van der Waals surface area contributed by atoms with Crippen LogP contribution >= 0.6 is 0 Å². The van der Waals surface area contributed by atoms with Crippen LogP contribution in [0.15, 0.2) is 22.7 Å². The number of nitrogens with zero attached hydrogens (tertiary/aromatic N) is 1. The second-order valence-corrected chi connectivity index (χ2v) is 5.03. The summed E-state index contributed by atoms with van der Waals surface area (Å²) in [5.74, 6) is 3.18. The summed E-state index contributed by atoms with van der Waals surface area (Å²) in [6.07, 6.45) is 0.800. The third kappa shape index (κ3) is 2.12. The highest BCUT2D eigenvalue weighted by atomic mass is 16.7. The normalized spacial score (nSPS) is 13.2. The average Bonchev–Trinajstić information content (AvgIpc) is 2.94. The van der Waals surface area contributed by atoms with E-state index in [1.165, 1.54) is 0 Å². The monoisotopic (exact) mass is 260 g/mol. The van der Waals surface area contributed by atoms with Crippen LogP contribution in [0.3, 0.4) is 0 Å². The van der Waals surface area contributed by atoms with E-state index in [0.29, 0.717) is 11.7 Å². The first-order valence-corrected chi connectivity index (χ1v) is 6.29. The minimum Gasteiger partial charge on any atom is -0.454 e. The molecule has 0 bridgehead atoms. The van der Waals surface area contributed by atoms with Crippen LogP contribution in [0.4, 0.5) is 5.82 Å². The molecule has 0 aliphatic carbocycles. The van der Waals surface area contributed by atoms with Crippen LogP contribution in [0, 0.1) is 5.92 Å². The molecule has 1 aromatic carbocycles. The predicted molar refractivity (Wildman–Crippen MR) is 71.0 cm³/mol. The van der Waals surface area contributed by atoms with E-state index in [-0.39, 0.29) is 6.79 Å². The highest BCUT2D eigenvalue weighted by Gasteiger charge is 2.20. The maximum Gasteiger partial charge on any atom is 0.231 e. The molecule has 0 fully saturated rings. The number of benzene rings is 1. The van der Waals surface area contributed by atoms with Crippen LogP contribution in [-0.4, -0.2) is 11.9 Å². The number of aromatic nitrogens is 1. The van der Waals surface area contributed by atoms with Crippen molar-refractivity contribution in [1.82, 2.24) is 5.16 Å². The van der Waals surface area contributed by atoms with E-state index < -0.39 is 0 Å². The zero-order valence-electron chi connectivity index (χ0n) is 11.0. The van der Waals surface area contributed by atoms with Crippen LogP contribution < -0.4 is 15.2 Å². The third-order valence-corrected chi connectivity index (χ3v) is 3.04. The van der Waals surface area contributed by atoms with Crippen LogP contribution in [-0.2, 0) is 6.42 Å². The minimum absolute atomic E-state index is 0.261. The van der Waals surface area contributed by atoms with Gasteiger partial charge in [0.1, 0.15) is 5.76 Å². The molecule has 5 heteroatoms. The van der Waals surface area contributed by atoms with E-state index in [1.807, 2.05) is 18.2 Å². The standard InChI is InChI=1S/C14H16N2O3/c1-8(2)5-12-13(14(15)16-19-12)9-3-4-10-11(6-9)18-7-17-10/h3-4,6,8H,5,7H2,1-2H3,(H2,15,16). The predicted octanol–water partition coefficient (Wildman–Crippen LogP) is 2.85. The van der Waals surface area contributed by atoms with Crippen LogP contribution in [0.1, 0.15) is 19.6 Å². The van der Waals surface area contributed by atoms with E-state index in [4.69, 9.17) is 19.7 Å². The van der Waals surface area contributed by atoms with Crippen molar-refractivity contribution in [2.45, 2.75) is 20.3 Å². The molecule has 0 saturated carbocycles. The second kappa shape index (κ2) is 4.50. The molecule has 100 valence electrons. The van der Waals surface area contributed by atoms with E-state index in [9.17, 15) is 0 Å². The molecular weight excluding hydrogens is 244 g/mol. The Balaban J connectivity index is 2.04. The van der Waals surface area contributed by atoms with Gasteiger partial charge >= 0.3 is 0 Å². The molecule has 0 spiro atoms. The number of nitrogens with two attached hydrogens (primary N) is 1. The summed E-state index contributed by atoms with van der Waals surface area (Å²) < 4.78 is 16.0. The molecule has 0 saturated heterocycles. The molecule has 0 unspecified atom stereocenters. The molecule has 5 nitrogen and oxygen atoms in total. The van der Waals surface area contributed by atoms with Crippen molar-refractivity contribution in [2.75, 3.05) is 12.5 Å². The Labute approximate surface area is 111 Å². The Bertz CT molecular complexity index is 605. The van der Waals surface area contributed by atoms with E-state index in [1.54, 1.807) is 0 Å². The van der Waals surface area contributed by atoms with Gasteiger partial charge in [0.2, 0.25) is 6.79 Å². The number of rotatable bonds is 3. The van der Waals surface area contributed by atoms with Gasteiger partial charge in [0, 0.05) is 6.42 Å². The number of fused-ring (bicyclic) bond motifs is 1. The van der Waals surface area contributed by atoms with Gasteiger partial charge in [0.05, 0.1) is 5.56 Å². The number of hydrogen-bond acceptors (Lipinski definition) is 5. The maximum atomic E-state index is 5.92. The lowest BCUT2D eigenvalue weighted by Gasteiger charge is -2.05. The topological polar surface area (TPSA) is 70.5 Å². The first kappa shape index (κ1) is 11.9. The van der Waals surface area contributed by atoms with E-state index >= 15 is 0 Å². The summed E-state index contributed by atoms with van der Waals surface area (Å²) in [6, 6.07) is 5.73. The number of nitrogen functional groups attached to an aromatic ring is 1. The third-order valence-electron chi connectivity index (χ3n) is 3.04.